The molecule has 28 heavy (non-hydrogen) atoms. The molecule has 0 N–H and O–H groups in total. The molecule has 2 heterocycles. The standard InChI is InChI=1S/C23H23N3OS/c1-15-8-9-18(10-17(15)3)25-13-26-22(27)11-20(19-7-5-4-6-16(19)2)21(12-24)23(26)28-14-25/h4-10,20H,11,13-14H2,1-3H3/t20-/m1/s1. The maximum absolute atomic E-state index is 13.0. The van der Waals surface area contributed by atoms with E-state index in [0.717, 1.165) is 33.3 Å². The molecule has 1 saturated heterocycles. The van der Waals surface area contributed by atoms with E-state index in [-0.39, 0.29) is 11.8 Å². The van der Waals surface area contributed by atoms with Crippen molar-refractivity contribution in [1.29, 1.82) is 5.26 Å². The number of amides is 1. The van der Waals surface area contributed by atoms with Crippen molar-refractivity contribution in [3.8, 4) is 6.07 Å². The highest BCUT2D eigenvalue weighted by Crippen LogP contribution is 2.43. The first kappa shape index (κ1) is 18.6. The first-order valence-corrected chi connectivity index (χ1v) is 10.4. The monoisotopic (exact) mass is 389 g/mol. The first-order valence-electron chi connectivity index (χ1n) is 9.44. The highest BCUT2D eigenvalue weighted by atomic mass is 32.2. The number of nitrogens with zero attached hydrogens (tertiary/aromatic N) is 3. The van der Waals surface area contributed by atoms with E-state index in [1.165, 1.54) is 11.1 Å². The van der Waals surface area contributed by atoms with Gasteiger partial charge in [-0.05, 0) is 55.2 Å². The molecule has 1 atom stereocenters. The molecule has 0 aliphatic carbocycles. The van der Waals surface area contributed by atoms with Crippen molar-refractivity contribution in [2.75, 3.05) is 17.4 Å². The Kier molecular flexibility index (Phi) is 4.91. The van der Waals surface area contributed by atoms with Crippen molar-refractivity contribution < 1.29 is 4.79 Å². The summed E-state index contributed by atoms with van der Waals surface area (Å²) < 4.78 is 0. The Labute approximate surface area is 170 Å². The van der Waals surface area contributed by atoms with Crippen LogP contribution in [0, 0.1) is 32.1 Å². The fourth-order valence-corrected chi connectivity index (χ4v) is 5.06. The van der Waals surface area contributed by atoms with Crippen LogP contribution in [0.5, 0.6) is 0 Å². The van der Waals surface area contributed by atoms with Crippen LogP contribution in [0.1, 0.15) is 34.6 Å². The van der Waals surface area contributed by atoms with Crippen LogP contribution in [0.3, 0.4) is 0 Å². The predicted octanol–water partition coefficient (Wildman–Crippen LogP) is 4.83. The number of carbonyl (C=O) groups is 1. The van der Waals surface area contributed by atoms with Crippen LogP contribution in [-0.2, 0) is 4.79 Å². The fraction of sp³-hybridized carbons (Fsp3) is 0.304. The summed E-state index contributed by atoms with van der Waals surface area (Å²) in [6.45, 7) is 6.74. The number of fused-ring (bicyclic) bond motifs is 1. The molecule has 0 unspecified atom stereocenters. The SMILES string of the molecule is Cc1ccc(N2CSC3=C(C#N)[C@@H](c4ccccc4C)CC(=O)N3C2)cc1C. The zero-order chi connectivity index (χ0) is 19.8. The minimum absolute atomic E-state index is 0.0864. The van der Waals surface area contributed by atoms with E-state index in [9.17, 15) is 10.1 Å². The molecule has 4 rings (SSSR count). The average molecular weight is 390 g/mol. The van der Waals surface area contributed by atoms with Crippen molar-refractivity contribution in [3.05, 3.63) is 75.3 Å². The molecular formula is C23H23N3OS. The van der Waals surface area contributed by atoms with E-state index >= 15 is 0 Å². The highest BCUT2D eigenvalue weighted by Gasteiger charge is 2.38. The Morgan fingerprint density at radius 3 is 2.57 bits per heavy atom. The van der Waals surface area contributed by atoms with Crippen LogP contribution in [0.25, 0.3) is 0 Å². The highest BCUT2D eigenvalue weighted by molar-refractivity contribution is 8.03. The molecule has 0 radical (unpaired) electrons. The zero-order valence-corrected chi connectivity index (χ0v) is 17.2. The van der Waals surface area contributed by atoms with E-state index in [4.69, 9.17) is 0 Å². The molecule has 5 heteroatoms. The third-order valence-electron chi connectivity index (χ3n) is 5.71. The van der Waals surface area contributed by atoms with Crippen molar-refractivity contribution in [2.24, 2.45) is 0 Å². The van der Waals surface area contributed by atoms with E-state index in [0.29, 0.717) is 13.1 Å². The first-order chi connectivity index (χ1) is 13.5. The summed E-state index contributed by atoms with van der Waals surface area (Å²) in [5, 5.41) is 10.7. The number of anilines is 1. The third kappa shape index (κ3) is 3.18. The second-order valence-corrected chi connectivity index (χ2v) is 8.42. The summed E-state index contributed by atoms with van der Waals surface area (Å²) in [6, 6.07) is 16.9. The lowest BCUT2D eigenvalue weighted by Gasteiger charge is -2.42. The fourth-order valence-electron chi connectivity index (χ4n) is 3.89. The molecule has 1 fully saturated rings. The number of carbonyl (C=O) groups excluding carboxylic acids is 1. The summed E-state index contributed by atoms with van der Waals surface area (Å²) in [7, 11) is 0. The van der Waals surface area contributed by atoms with Crippen LogP contribution in [0.15, 0.2) is 53.1 Å². The van der Waals surface area contributed by atoms with Gasteiger partial charge in [0.05, 0.1) is 29.2 Å². The summed E-state index contributed by atoms with van der Waals surface area (Å²) >= 11 is 1.59. The van der Waals surface area contributed by atoms with Crippen LogP contribution in [0.2, 0.25) is 0 Å². The van der Waals surface area contributed by atoms with Gasteiger partial charge in [0.25, 0.3) is 0 Å². The lowest BCUT2D eigenvalue weighted by molar-refractivity contribution is -0.129. The predicted molar refractivity (Wildman–Crippen MR) is 114 cm³/mol. The van der Waals surface area contributed by atoms with Gasteiger partial charge in [0, 0.05) is 18.0 Å². The van der Waals surface area contributed by atoms with Crippen molar-refractivity contribution in [1.82, 2.24) is 4.90 Å². The minimum Gasteiger partial charge on any atom is -0.344 e. The van der Waals surface area contributed by atoms with Gasteiger partial charge in [0.2, 0.25) is 5.91 Å². The number of thioether (sulfide) groups is 1. The third-order valence-corrected chi connectivity index (χ3v) is 6.87. The zero-order valence-electron chi connectivity index (χ0n) is 16.4. The molecule has 2 aromatic rings. The van der Waals surface area contributed by atoms with E-state index in [1.807, 2.05) is 31.2 Å². The van der Waals surface area contributed by atoms with Crippen LogP contribution in [-0.4, -0.2) is 23.4 Å². The molecule has 2 aliphatic heterocycles. The molecule has 0 spiro atoms. The van der Waals surface area contributed by atoms with Crippen molar-refractivity contribution >= 4 is 23.4 Å². The number of hydrogen-bond donors (Lipinski definition) is 0. The van der Waals surface area contributed by atoms with Gasteiger partial charge in [-0.15, -0.1) is 0 Å². The Bertz CT molecular complexity index is 1020. The summed E-state index contributed by atoms with van der Waals surface area (Å²) in [5.41, 5.74) is 6.54. The van der Waals surface area contributed by atoms with Crippen molar-refractivity contribution in [3.63, 3.8) is 0 Å². The Morgan fingerprint density at radius 2 is 1.86 bits per heavy atom. The quantitative estimate of drug-likeness (QED) is 0.738. The van der Waals surface area contributed by atoms with Gasteiger partial charge >= 0.3 is 0 Å². The maximum Gasteiger partial charge on any atom is 0.229 e. The summed E-state index contributed by atoms with van der Waals surface area (Å²) in [6.07, 6.45) is 0.346. The number of hydrogen-bond acceptors (Lipinski definition) is 4. The summed E-state index contributed by atoms with van der Waals surface area (Å²) in [5.74, 6) is 0.668. The van der Waals surface area contributed by atoms with Gasteiger partial charge < -0.3 is 4.90 Å². The topological polar surface area (TPSA) is 47.3 Å². The maximum atomic E-state index is 13.0. The smallest absolute Gasteiger partial charge is 0.229 e. The second-order valence-electron chi connectivity index (χ2n) is 7.49. The normalized spacial score (nSPS) is 19.5. The molecule has 142 valence electrons. The number of nitriles is 1. The van der Waals surface area contributed by atoms with E-state index < -0.39 is 0 Å². The van der Waals surface area contributed by atoms with Crippen molar-refractivity contribution in [2.45, 2.75) is 33.1 Å². The largest absolute Gasteiger partial charge is 0.344 e. The average Bonchev–Trinajstić information content (AvgIpc) is 2.70. The Morgan fingerprint density at radius 1 is 1.07 bits per heavy atom. The van der Waals surface area contributed by atoms with Gasteiger partial charge in [-0.25, -0.2) is 0 Å². The van der Waals surface area contributed by atoms with Crippen LogP contribution in [0.4, 0.5) is 5.69 Å². The van der Waals surface area contributed by atoms with Gasteiger partial charge in [-0.3, -0.25) is 9.69 Å². The number of benzene rings is 2. The second kappa shape index (κ2) is 7.37. The van der Waals surface area contributed by atoms with Crippen LogP contribution < -0.4 is 4.90 Å². The van der Waals surface area contributed by atoms with Gasteiger partial charge in [0.1, 0.15) is 0 Å². The lowest BCUT2D eigenvalue weighted by atomic mass is 9.84. The van der Waals surface area contributed by atoms with Crippen LogP contribution >= 0.6 is 11.8 Å². The Hall–Kier alpha value is -2.71. The molecule has 0 aromatic heterocycles. The Balaban J connectivity index is 1.68. The number of rotatable bonds is 2. The molecule has 4 nitrogen and oxygen atoms in total. The number of aryl methyl sites for hydroxylation is 3. The van der Waals surface area contributed by atoms with E-state index in [2.05, 4.69) is 43.0 Å². The molecule has 0 saturated carbocycles. The molecule has 2 aromatic carbocycles. The molecule has 2 aliphatic rings. The minimum atomic E-state index is -0.148. The lowest BCUT2D eigenvalue weighted by Crippen LogP contribution is -2.47. The number of allylic oxidation sites excluding steroid dienone is 1. The summed E-state index contributed by atoms with van der Waals surface area (Å²) in [4.78, 5) is 17.0. The van der Waals surface area contributed by atoms with Gasteiger partial charge in [-0.2, -0.15) is 5.26 Å². The molecule has 1 amide bonds. The van der Waals surface area contributed by atoms with Gasteiger partial charge in [0.15, 0.2) is 0 Å². The van der Waals surface area contributed by atoms with E-state index in [1.54, 1.807) is 16.7 Å². The molecule has 0 bridgehead atoms. The van der Waals surface area contributed by atoms with Gasteiger partial charge in [-0.1, -0.05) is 42.1 Å². The molecular weight excluding hydrogens is 366 g/mol.